The minimum absolute atomic E-state index is 0.795. The molecule has 0 aromatic heterocycles. The van der Waals surface area contributed by atoms with Gasteiger partial charge >= 0.3 is 0 Å². The summed E-state index contributed by atoms with van der Waals surface area (Å²) in [6.45, 7) is 4.99. The highest BCUT2D eigenvalue weighted by Gasteiger charge is 2.15. The number of piperazine rings is 1. The molecular weight excluding hydrogens is 294 g/mol. The second-order valence-electron chi connectivity index (χ2n) is 5.51. The quantitative estimate of drug-likeness (QED) is 0.805. The van der Waals surface area contributed by atoms with Gasteiger partial charge in [0.15, 0.2) is 0 Å². The van der Waals surface area contributed by atoms with Crippen LogP contribution in [0.5, 0.6) is 0 Å². The van der Waals surface area contributed by atoms with Gasteiger partial charge in [-0.15, -0.1) is 0 Å². The number of benzene rings is 2. The van der Waals surface area contributed by atoms with E-state index < -0.39 is 0 Å². The highest BCUT2D eigenvalue weighted by atomic mass is 35.5. The smallest absolute Gasteiger partial charge is 0.0542 e. The Morgan fingerprint density at radius 3 is 2.27 bits per heavy atom. The summed E-state index contributed by atoms with van der Waals surface area (Å²) in [6.07, 6.45) is 1.94. The maximum Gasteiger partial charge on any atom is 0.0542 e. The summed E-state index contributed by atoms with van der Waals surface area (Å²) in [7, 11) is 0. The number of rotatable bonds is 4. The van der Waals surface area contributed by atoms with Gasteiger partial charge in [0.05, 0.1) is 6.21 Å². The third-order valence-electron chi connectivity index (χ3n) is 3.84. The Balaban J connectivity index is 1.48. The van der Waals surface area contributed by atoms with E-state index in [4.69, 9.17) is 11.6 Å². The fraction of sp³-hybridized carbons (Fsp3) is 0.278. The Kier molecular flexibility index (Phi) is 5.09. The molecule has 1 saturated heterocycles. The van der Waals surface area contributed by atoms with E-state index in [1.165, 1.54) is 5.56 Å². The van der Waals surface area contributed by atoms with Crippen LogP contribution in [0.4, 0.5) is 0 Å². The predicted molar refractivity (Wildman–Crippen MR) is 92.3 cm³/mol. The van der Waals surface area contributed by atoms with Crippen molar-refractivity contribution in [2.45, 2.75) is 6.54 Å². The molecule has 1 aliphatic heterocycles. The monoisotopic (exact) mass is 313 g/mol. The van der Waals surface area contributed by atoms with Gasteiger partial charge in [-0.2, -0.15) is 5.10 Å². The van der Waals surface area contributed by atoms with E-state index >= 15 is 0 Å². The van der Waals surface area contributed by atoms with Crippen molar-refractivity contribution < 1.29 is 0 Å². The Hall–Kier alpha value is -1.84. The molecule has 2 aromatic carbocycles. The first kappa shape index (κ1) is 15.1. The van der Waals surface area contributed by atoms with Crippen molar-refractivity contribution >= 4 is 17.8 Å². The molecule has 1 aliphatic rings. The molecule has 0 bridgehead atoms. The van der Waals surface area contributed by atoms with E-state index in [-0.39, 0.29) is 0 Å². The van der Waals surface area contributed by atoms with Gasteiger partial charge in [-0.1, -0.05) is 54.1 Å². The lowest BCUT2D eigenvalue weighted by Gasteiger charge is -2.33. The first-order valence-corrected chi connectivity index (χ1v) is 7.98. The molecule has 0 N–H and O–H groups in total. The minimum Gasteiger partial charge on any atom is -0.295 e. The topological polar surface area (TPSA) is 18.8 Å². The lowest BCUT2D eigenvalue weighted by molar-refractivity contribution is 0.131. The van der Waals surface area contributed by atoms with Crippen LogP contribution >= 0.6 is 11.6 Å². The molecule has 2 aromatic rings. The number of nitrogens with zero attached hydrogens (tertiary/aromatic N) is 3. The molecule has 0 radical (unpaired) electrons. The molecule has 4 heteroatoms. The first-order chi connectivity index (χ1) is 10.8. The van der Waals surface area contributed by atoms with Gasteiger partial charge in [-0.3, -0.25) is 9.91 Å². The summed E-state index contributed by atoms with van der Waals surface area (Å²) >= 11 is 5.92. The lowest BCUT2D eigenvalue weighted by Crippen LogP contribution is -2.43. The van der Waals surface area contributed by atoms with E-state index in [1.807, 2.05) is 36.5 Å². The number of hydrogen-bond donors (Lipinski definition) is 0. The minimum atomic E-state index is 0.795. The highest BCUT2D eigenvalue weighted by molar-refractivity contribution is 6.30. The van der Waals surface area contributed by atoms with Crippen molar-refractivity contribution in [2.24, 2.45) is 5.10 Å². The molecule has 0 amide bonds. The average molecular weight is 314 g/mol. The van der Waals surface area contributed by atoms with Crippen LogP contribution in [0.15, 0.2) is 59.7 Å². The van der Waals surface area contributed by atoms with Crippen molar-refractivity contribution in [1.82, 2.24) is 9.91 Å². The van der Waals surface area contributed by atoms with Crippen molar-refractivity contribution in [3.05, 3.63) is 70.7 Å². The SMILES string of the molecule is Clc1ccc(CN2CCN(N=Cc3ccccc3)CC2)cc1. The van der Waals surface area contributed by atoms with E-state index in [0.29, 0.717) is 0 Å². The van der Waals surface area contributed by atoms with E-state index in [2.05, 4.69) is 39.3 Å². The summed E-state index contributed by atoms with van der Waals surface area (Å²) < 4.78 is 0. The van der Waals surface area contributed by atoms with Crippen LogP contribution in [0.25, 0.3) is 0 Å². The van der Waals surface area contributed by atoms with Gasteiger partial charge in [-0.25, -0.2) is 0 Å². The first-order valence-electron chi connectivity index (χ1n) is 7.60. The highest BCUT2D eigenvalue weighted by Crippen LogP contribution is 2.13. The van der Waals surface area contributed by atoms with E-state index in [1.54, 1.807) is 0 Å². The van der Waals surface area contributed by atoms with Gasteiger partial charge in [0.25, 0.3) is 0 Å². The molecule has 0 unspecified atom stereocenters. The molecule has 1 fully saturated rings. The summed E-state index contributed by atoms with van der Waals surface area (Å²) in [5.74, 6) is 0. The fourth-order valence-corrected chi connectivity index (χ4v) is 2.67. The zero-order valence-corrected chi connectivity index (χ0v) is 13.3. The number of hydrazone groups is 1. The maximum atomic E-state index is 5.92. The molecule has 22 heavy (non-hydrogen) atoms. The Bertz CT molecular complexity index is 602. The summed E-state index contributed by atoms with van der Waals surface area (Å²) in [5, 5.41) is 7.51. The summed E-state index contributed by atoms with van der Waals surface area (Å²) in [6, 6.07) is 18.3. The van der Waals surface area contributed by atoms with Crippen LogP contribution in [0.1, 0.15) is 11.1 Å². The van der Waals surface area contributed by atoms with Crippen molar-refractivity contribution in [1.29, 1.82) is 0 Å². The molecule has 3 nitrogen and oxygen atoms in total. The van der Waals surface area contributed by atoms with Gasteiger partial charge in [0.2, 0.25) is 0 Å². The molecule has 3 rings (SSSR count). The molecule has 0 spiro atoms. The molecule has 0 saturated carbocycles. The molecule has 114 valence electrons. The fourth-order valence-electron chi connectivity index (χ4n) is 2.55. The van der Waals surface area contributed by atoms with Crippen molar-refractivity contribution in [2.75, 3.05) is 26.2 Å². The molecule has 0 aliphatic carbocycles. The second-order valence-corrected chi connectivity index (χ2v) is 5.95. The standard InChI is InChI=1S/C18H20ClN3/c19-18-8-6-17(7-9-18)15-21-10-12-22(13-11-21)20-14-16-4-2-1-3-5-16/h1-9,14H,10-13,15H2. The number of halogens is 1. The lowest BCUT2D eigenvalue weighted by atomic mass is 10.2. The Morgan fingerprint density at radius 1 is 0.909 bits per heavy atom. The Labute approximate surface area is 136 Å². The maximum absolute atomic E-state index is 5.92. The van der Waals surface area contributed by atoms with Gasteiger partial charge in [0, 0.05) is 37.7 Å². The normalized spacial score (nSPS) is 16.3. The molecular formula is C18H20ClN3. The summed E-state index contributed by atoms with van der Waals surface area (Å²) in [5.41, 5.74) is 2.46. The molecule has 0 atom stereocenters. The van der Waals surface area contributed by atoms with Crippen molar-refractivity contribution in [3.63, 3.8) is 0 Å². The van der Waals surface area contributed by atoms with Gasteiger partial charge in [0.1, 0.15) is 0 Å². The van der Waals surface area contributed by atoms with E-state index in [0.717, 1.165) is 43.3 Å². The van der Waals surface area contributed by atoms with Crippen LogP contribution in [0, 0.1) is 0 Å². The average Bonchev–Trinajstić information content (AvgIpc) is 2.57. The van der Waals surface area contributed by atoms with Crippen LogP contribution in [0.2, 0.25) is 5.02 Å². The van der Waals surface area contributed by atoms with Crippen LogP contribution in [-0.2, 0) is 6.54 Å². The molecule has 1 heterocycles. The zero-order valence-electron chi connectivity index (χ0n) is 12.5. The van der Waals surface area contributed by atoms with Crippen LogP contribution < -0.4 is 0 Å². The third-order valence-corrected chi connectivity index (χ3v) is 4.09. The Morgan fingerprint density at radius 2 is 1.59 bits per heavy atom. The largest absolute Gasteiger partial charge is 0.295 e. The third kappa shape index (κ3) is 4.33. The summed E-state index contributed by atoms with van der Waals surface area (Å²) in [4.78, 5) is 2.46. The van der Waals surface area contributed by atoms with Crippen LogP contribution in [-0.4, -0.2) is 42.3 Å². The van der Waals surface area contributed by atoms with Crippen LogP contribution in [0.3, 0.4) is 0 Å². The number of hydrogen-bond acceptors (Lipinski definition) is 3. The van der Waals surface area contributed by atoms with Gasteiger partial charge < -0.3 is 0 Å². The van der Waals surface area contributed by atoms with E-state index in [9.17, 15) is 0 Å². The zero-order chi connectivity index (χ0) is 15.2. The predicted octanol–water partition coefficient (Wildman–Crippen LogP) is 3.49. The second kappa shape index (κ2) is 7.43. The van der Waals surface area contributed by atoms with Gasteiger partial charge in [-0.05, 0) is 23.3 Å². The van der Waals surface area contributed by atoms with Crippen molar-refractivity contribution in [3.8, 4) is 0 Å².